The molecule has 3 rings (SSSR count). The standard InChI is InChI=1S/C14H7ClF3NOS/c15-9-3-1-2-7-4-11(20-13(7)9)10-5-8(14(16,17)18)6-12(21)19-10/h1-6H,(H,19,21). The zero-order valence-electron chi connectivity index (χ0n) is 10.3. The molecule has 0 aliphatic heterocycles. The number of H-pyrrole nitrogens is 1. The monoisotopic (exact) mass is 329 g/mol. The minimum absolute atomic E-state index is 0.0219. The molecule has 0 radical (unpaired) electrons. The van der Waals surface area contributed by atoms with Crippen molar-refractivity contribution >= 4 is 34.8 Å². The van der Waals surface area contributed by atoms with Crippen LogP contribution in [0.25, 0.3) is 22.4 Å². The van der Waals surface area contributed by atoms with Gasteiger partial charge in [-0.1, -0.05) is 36.0 Å². The average molecular weight is 330 g/mol. The molecule has 0 aliphatic carbocycles. The first kappa shape index (κ1) is 14.2. The Hall–Kier alpha value is -1.79. The molecule has 2 nitrogen and oxygen atoms in total. The summed E-state index contributed by atoms with van der Waals surface area (Å²) in [7, 11) is 0. The Morgan fingerprint density at radius 3 is 2.57 bits per heavy atom. The highest BCUT2D eigenvalue weighted by Gasteiger charge is 2.31. The lowest BCUT2D eigenvalue weighted by Gasteiger charge is -2.07. The number of pyridine rings is 1. The van der Waals surface area contributed by atoms with Crippen molar-refractivity contribution in [2.75, 3.05) is 0 Å². The van der Waals surface area contributed by atoms with Crippen LogP contribution in [0.15, 0.2) is 40.8 Å². The fourth-order valence-electron chi connectivity index (χ4n) is 2.00. The van der Waals surface area contributed by atoms with Crippen molar-refractivity contribution in [3.05, 3.63) is 51.6 Å². The van der Waals surface area contributed by atoms with Gasteiger partial charge in [-0.25, -0.2) is 0 Å². The number of aromatic nitrogens is 1. The lowest BCUT2D eigenvalue weighted by atomic mass is 10.2. The smallest absolute Gasteiger partial charge is 0.416 e. The minimum Gasteiger partial charge on any atom is -0.453 e. The molecule has 0 atom stereocenters. The van der Waals surface area contributed by atoms with Crippen molar-refractivity contribution in [3.8, 4) is 11.5 Å². The first-order chi connectivity index (χ1) is 9.84. The number of alkyl halides is 3. The van der Waals surface area contributed by atoms with Gasteiger partial charge >= 0.3 is 6.18 Å². The zero-order chi connectivity index (χ0) is 15.2. The van der Waals surface area contributed by atoms with Gasteiger partial charge in [-0.2, -0.15) is 13.2 Å². The van der Waals surface area contributed by atoms with E-state index in [4.69, 9.17) is 28.2 Å². The molecule has 0 fully saturated rings. The molecule has 0 unspecified atom stereocenters. The maximum atomic E-state index is 12.8. The summed E-state index contributed by atoms with van der Waals surface area (Å²) >= 11 is 10.8. The normalized spacial score (nSPS) is 12.0. The predicted molar refractivity (Wildman–Crippen MR) is 76.8 cm³/mol. The highest BCUT2D eigenvalue weighted by atomic mass is 35.5. The van der Waals surface area contributed by atoms with Crippen molar-refractivity contribution in [1.29, 1.82) is 0 Å². The molecule has 1 aromatic carbocycles. The second-order valence-electron chi connectivity index (χ2n) is 4.41. The van der Waals surface area contributed by atoms with E-state index in [9.17, 15) is 13.2 Å². The van der Waals surface area contributed by atoms with Crippen LogP contribution in [0.2, 0.25) is 5.02 Å². The van der Waals surface area contributed by atoms with Gasteiger partial charge in [0.05, 0.1) is 16.3 Å². The number of nitrogens with one attached hydrogen (secondary N) is 1. The van der Waals surface area contributed by atoms with E-state index in [-0.39, 0.29) is 16.1 Å². The number of fused-ring (bicyclic) bond motifs is 1. The lowest BCUT2D eigenvalue weighted by Crippen LogP contribution is -2.05. The van der Waals surface area contributed by atoms with Crippen LogP contribution in [0.5, 0.6) is 0 Å². The Balaban J connectivity index is 2.21. The van der Waals surface area contributed by atoms with E-state index < -0.39 is 11.7 Å². The van der Waals surface area contributed by atoms with Crippen molar-refractivity contribution in [3.63, 3.8) is 0 Å². The van der Waals surface area contributed by atoms with Crippen LogP contribution in [0, 0.1) is 4.64 Å². The largest absolute Gasteiger partial charge is 0.453 e. The van der Waals surface area contributed by atoms with Crippen molar-refractivity contribution in [2.24, 2.45) is 0 Å². The molecule has 2 aromatic heterocycles. The molecular formula is C14H7ClF3NOS. The number of halogens is 4. The molecule has 3 aromatic rings. The summed E-state index contributed by atoms with van der Waals surface area (Å²) in [5.41, 5.74) is -0.249. The Labute approximate surface area is 127 Å². The number of furan rings is 1. The van der Waals surface area contributed by atoms with Gasteiger partial charge in [0.2, 0.25) is 0 Å². The molecule has 0 amide bonds. The predicted octanol–water partition coefficient (Wildman–Crippen LogP) is 5.83. The van der Waals surface area contributed by atoms with Gasteiger partial charge in [0.25, 0.3) is 0 Å². The van der Waals surface area contributed by atoms with Gasteiger partial charge in [0.15, 0.2) is 11.3 Å². The third-order valence-corrected chi connectivity index (χ3v) is 3.45. The van der Waals surface area contributed by atoms with E-state index >= 15 is 0 Å². The van der Waals surface area contributed by atoms with Gasteiger partial charge in [-0.15, -0.1) is 0 Å². The number of para-hydroxylation sites is 1. The lowest BCUT2D eigenvalue weighted by molar-refractivity contribution is -0.137. The molecular weight excluding hydrogens is 323 g/mol. The first-order valence-electron chi connectivity index (χ1n) is 5.84. The fourth-order valence-corrected chi connectivity index (χ4v) is 2.46. The molecule has 0 saturated carbocycles. The van der Waals surface area contributed by atoms with E-state index in [1.165, 1.54) is 0 Å². The van der Waals surface area contributed by atoms with Gasteiger partial charge in [-0.3, -0.25) is 0 Å². The second-order valence-corrected chi connectivity index (χ2v) is 5.26. The summed E-state index contributed by atoms with van der Waals surface area (Å²) in [5.74, 6) is 0.246. The third-order valence-electron chi connectivity index (χ3n) is 2.93. The number of rotatable bonds is 1. The van der Waals surface area contributed by atoms with Crippen molar-refractivity contribution in [2.45, 2.75) is 6.18 Å². The Morgan fingerprint density at radius 2 is 1.90 bits per heavy atom. The Morgan fingerprint density at radius 1 is 1.14 bits per heavy atom. The summed E-state index contributed by atoms with van der Waals surface area (Å²) in [6.07, 6.45) is -4.47. The fraction of sp³-hybridized carbons (Fsp3) is 0.0714. The molecule has 108 valence electrons. The average Bonchev–Trinajstić information content (AvgIpc) is 2.82. The molecule has 0 aliphatic rings. The minimum atomic E-state index is -4.47. The van der Waals surface area contributed by atoms with Crippen LogP contribution in [0.3, 0.4) is 0 Å². The molecule has 2 heterocycles. The molecule has 0 spiro atoms. The van der Waals surface area contributed by atoms with Crippen molar-refractivity contribution in [1.82, 2.24) is 4.98 Å². The molecule has 1 N–H and O–H groups in total. The van der Waals surface area contributed by atoms with Crippen LogP contribution in [-0.4, -0.2) is 4.98 Å². The molecule has 7 heteroatoms. The third kappa shape index (κ3) is 2.69. The summed E-state index contributed by atoms with van der Waals surface area (Å²) in [6, 6.07) is 8.58. The van der Waals surface area contributed by atoms with Crippen LogP contribution in [0.4, 0.5) is 13.2 Å². The molecule has 0 saturated heterocycles. The van der Waals surface area contributed by atoms with Gasteiger partial charge in [-0.05, 0) is 24.3 Å². The van der Waals surface area contributed by atoms with Crippen LogP contribution < -0.4 is 0 Å². The molecule has 0 bridgehead atoms. The Kier molecular flexibility index (Phi) is 3.30. The van der Waals surface area contributed by atoms with Crippen LogP contribution in [-0.2, 0) is 6.18 Å². The zero-order valence-corrected chi connectivity index (χ0v) is 11.9. The number of hydrogen-bond acceptors (Lipinski definition) is 2. The van der Waals surface area contributed by atoms with Gasteiger partial charge in [0.1, 0.15) is 4.64 Å². The van der Waals surface area contributed by atoms with Gasteiger partial charge < -0.3 is 9.40 Å². The maximum absolute atomic E-state index is 12.8. The van der Waals surface area contributed by atoms with Crippen LogP contribution >= 0.6 is 23.8 Å². The number of aromatic amines is 1. The topological polar surface area (TPSA) is 28.9 Å². The van der Waals surface area contributed by atoms with E-state index in [2.05, 4.69) is 4.98 Å². The highest BCUT2D eigenvalue weighted by molar-refractivity contribution is 7.71. The number of hydrogen-bond donors (Lipinski definition) is 1. The second kappa shape index (κ2) is 4.89. The summed E-state index contributed by atoms with van der Waals surface area (Å²) in [5, 5.41) is 1.10. The first-order valence-corrected chi connectivity index (χ1v) is 6.63. The van der Waals surface area contributed by atoms with Gasteiger partial charge in [0, 0.05) is 5.39 Å². The Bertz CT molecular complexity index is 882. The van der Waals surface area contributed by atoms with Crippen molar-refractivity contribution < 1.29 is 17.6 Å². The highest BCUT2D eigenvalue weighted by Crippen LogP contribution is 2.34. The van der Waals surface area contributed by atoms with Crippen LogP contribution in [0.1, 0.15) is 5.56 Å². The quantitative estimate of drug-likeness (QED) is 0.569. The number of benzene rings is 1. The van der Waals surface area contributed by atoms with E-state index in [0.29, 0.717) is 16.0 Å². The maximum Gasteiger partial charge on any atom is 0.416 e. The van der Waals surface area contributed by atoms with E-state index in [1.54, 1.807) is 24.3 Å². The summed E-state index contributed by atoms with van der Waals surface area (Å²) in [4.78, 5) is 2.69. The van der Waals surface area contributed by atoms with E-state index in [0.717, 1.165) is 12.1 Å². The summed E-state index contributed by atoms with van der Waals surface area (Å²) in [6.45, 7) is 0. The summed E-state index contributed by atoms with van der Waals surface area (Å²) < 4.78 is 44.0. The SMILES string of the molecule is FC(F)(F)c1cc(-c2cc3cccc(Cl)c3o2)[nH]c(=S)c1. The van der Waals surface area contributed by atoms with E-state index in [1.807, 2.05) is 0 Å². The molecule has 21 heavy (non-hydrogen) atoms.